The van der Waals surface area contributed by atoms with Crippen LogP contribution in [0.2, 0.25) is 0 Å². The van der Waals surface area contributed by atoms with E-state index in [1.54, 1.807) is 0 Å². The van der Waals surface area contributed by atoms with E-state index in [2.05, 4.69) is 21.1 Å². The van der Waals surface area contributed by atoms with Gasteiger partial charge in [0.25, 0.3) is 0 Å². The fourth-order valence-corrected chi connectivity index (χ4v) is 2.27. The van der Waals surface area contributed by atoms with E-state index in [9.17, 15) is 4.79 Å². The lowest BCUT2D eigenvalue weighted by Gasteiger charge is -2.15. The SMILES string of the molecule is Cc1noc(C)c1CN1CCC(Br)C1=O. The minimum atomic E-state index is -0.0158. The lowest BCUT2D eigenvalue weighted by molar-refractivity contribution is -0.127. The number of carbonyl (C=O) groups excluding carboxylic acids is 1. The van der Waals surface area contributed by atoms with Crippen molar-refractivity contribution in [1.29, 1.82) is 0 Å². The molecule has 15 heavy (non-hydrogen) atoms. The number of aryl methyl sites for hydroxylation is 2. The second kappa shape index (κ2) is 3.96. The summed E-state index contributed by atoms with van der Waals surface area (Å²) in [4.78, 5) is 13.5. The molecule has 0 spiro atoms. The normalized spacial score (nSPS) is 21.4. The number of alkyl halides is 1. The Morgan fingerprint density at radius 1 is 1.60 bits per heavy atom. The van der Waals surface area contributed by atoms with Gasteiger partial charge >= 0.3 is 0 Å². The van der Waals surface area contributed by atoms with E-state index in [-0.39, 0.29) is 10.7 Å². The Kier molecular flexibility index (Phi) is 2.82. The molecule has 1 aliphatic rings. The number of likely N-dealkylation sites (tertiary alicyclic amines) is 1. The highest BCUT2D eigenvalue weighted by Gasteiger charge is 2.30. The zero-order valence-electron chi connectivity index (χ0n) is 8.79. The highest BCUT2D eigenvalue weighted by molar-refractivity contribution is 9.10. The van der Waals surface area contributed by atoms with E-state index in [1.807, 2.05) is 18.7 Å². The first-order chi connectivity index (χ1) is 7.09. The lowest BCUT2D eigenvalue weighted by atomic mass is 10.2. The summed E-state index contributed by atoms with van der Waals surface area (Å²) < 4.78 is 5.07. The fraction of sp³-hybridized carbons (Fsp3) is 0.600. The second-order valence-corrected chi connectivity index (χ2v) is 4.92. The molecule has 2 heterocycles. The number of nitrogens with zero attached hydrogens (tertiary/aromatic N) is 2. The average molecular weight is 273 g/mol. The van der Waals surface area contributed by atoms with Crippen LogP contribution in [0.5, 0.6) is 0 Å². The van der Waals surface area contributed by atoms with Crippen molar-refractivity contribution in [3.63, 3.8) is 0 Å². The summed E-state index contributed by atoms with van der Waals surface area (Å²) in [6, 6.07) is 0. The first-order valence-electron chi connectivity index (χ1n) is 4.94. The zero-order chi connectivity index (χ0) is 11.0. The largest absolute Gasteiger partial charge is 0.361 e. The summed E-state index contributed by atoms with van der Waals surface area (Å²) in [6.45, 7) is 5.19. The predicted molar refractivity (Wildman–Crippen MR) is 58.7 cm³/mol. The number of hydrogen-bond acceptors (Lipinski definition) is 3. The van der Waals surface area contributed by atoms with Crippen LogP contribution in [0.4, 0.5) is 0 Å². The van der Waals surface area contributed by atoms with Crippen molar-refractivity contribution in [3.8, 4) is 0 Å². The molecule has 5 heteroatoms. The van der Waals surface area contributed by atoms with Gasteiger partial charge in [0.1, 0.15) is 5.76 Å². The van der Waals surface area contributed by atoms with Crippen LogP contribution >= 0.6 is 15.9 Å². The summed E-state index contributed by atoms with van der Waals surface area (Å²) in [5, 5.41) is 3.88. The highest BCUT2D eigenvalue weighted by Crippen LogP contribution is 2.22. The summed E-state index contributed by atoms with van der Waals surface area (Å²) in [5.74, 6) is 0.966. The third kappa shape index (κ3) is 1.93. The van der Waals surface area contributed by atoms with Gasteiger partial charge in [-0.1, -0.05) is 21.1 Å². The Balaban J connectivity index is 2.13. The van der Waals surface area contributed by atoms with E-state index in [0.717, 1.165) is 30.0 Å². The third-order valence-electron chi connectivity index (χ3n) is 2.76. The topological polar surface area (TPSA) is 46.3 Å². The minimum absolute atomic E-state index is 0.0158. The van der Waals surface area contributed by atoms with Crippen molar-refractivity contribution in [2.24, 2.45) is 0 Å². The fourth-order valence-electron chi connectivity index (χ4n) is 1.78. The van der Waals surface area contributed by atoms with Gasteiger partial charge in [0.05, 0.1) is 17.1 Å². The van der Waals surface area contributed by atoms with E-state index < -0.39 is 0 Å². The molecule has 0 aromatic carbocycles. The van der Waals surface area contributed by atoms with Gasteiger partial charge in [-0.15, -0.1) is 0 Å². The molecule has 1 unspecified atom stereocenters. The standard InChI is InChI=1S/C10H13BrN2O2/c1-6-8(7(2)15-12-6)5-13-4-3-9(11)10(13)14/h9H,3-5H2,1-2H3. The summed E-state index contributed by atoms with van der Waals surface area (Å²) in [6.07, 6.45) is 0.877. The molecule has 82 valence electrons. The van der Waals surface area contributed by atoms with Crippen LogP contribution in [-0.4, -0.2) is 27.3 Å². The Bertz CT molecular complexity index is 369. The van der Waals surface area contributed by atoms with Crippen LogP contribution in [0, 0.1) is 13.8 Å². The average Bonchev–Trinajstić information content (AvgIpc) is 2.68. The third-order valence-corrected chi connectivity index (χ3v) is 3.61. The van der Waals surface area contributed by atoms with Crippen molar-refractivity contribution in [2.45, 2.75) is 31.6 Å². The van der Waals surface area contributed by atoms with E-state index >= 15 is 0 Å². The molecule has 1 aromatic rings. The smallest absolute Gasteiger partial charge is 0.236 e. The van der Waals surface area contributed by atoms with Crippen LogP contribution in [-0.2, 0) is 11.3 Å². The molecule has 1 amide bonds. The van der Waals surface area contributed by atoms with Crippen LogP contribution < -0.4 is 0 Å². The molecule has 1 saturated heterocycles. The maximum atomic E-state index is 11.7. The van der Waals surface area contributed by atoms with Crippen molar-refractivity contribution >= 4 is 21.8 Å². The zero-order valence-corrected chi connectivity index (χ0v) is 10.4. The van der Waals surface area contributed by atoms with Gasteiger partial charge in [-0.2, -0.15) is 0 Å². The molecule has 1 atom stereocenters. The predicted octanol–water partition coefficient (Wildman–Crippen LogP) is 1.79. The second-order valence-electron chi connectivity index (χ2n) is 3.82. The summed E-state index contributed by atoms with van der Waals surface area (Å²) in [7, 11) is 0. The number of halogens is 1. The quantitative estimate of drug-likeness (QED) is 0.772. The van der Waals surface area contributed by atoms with Crippen molar-refractivity contribution in [3.05, 3.63) is 17.0 Å². The lowest BCUT2D eigenvalue weighted by Crippen LogP contribution is -2.27. The monoisotopic (exact) mass is 272 g/mol. The molecule has 0 radical (unpaired) electrons. The van der Waals surface area contributed by atoms with Gasteiger partial charge in [-0.25, -0.2) is 0 Å². The first-order valence-corrected chi connectivity index (χ1v) is 5.85. The minimum Gasteiger partial charge on any atom is -0.361 e. The molecular weight excluding hydrogens is 260 g/mol. The van der Waals surface area contributed by atoms with E-state index in [0.29, 0.717) is 6.54 Å². The van der Waals surface area contributed by atoms with Crippen LogP contribution in [0.25, 0.3) is 0 Å². The van der Waals surface area contributed by atoms with Gasteiger partial charge in [0, 0.05) is 12.1 Å². The molecule has 1 aromatic heterocycles. The summed E-state index contributed by atoms with van der Waals surface area (Å²) >= 11 is 3.35. The molecule has 2 rings (SSSR count). The van der Waals surface area contributed by atoms with E-state index in [4.69, 9.17) is 4.52 Å². The van der Waals surface area contributed by atoms with Gasteiger partial charge in [0.15, 0.2) is 0 Å². The Hall–Kier alpha value is -0.840. The van der Waals surface area contributed by atoms with Gasteiger partial charge in [-0.3, -0.25) is 4.79 Å². The van der Waals surface area contributed by atoms with Crippen LogP contribution in [0.3, 0.4) is 0 Å². The molecule has 0 saturated carbocycles. The van der Waals surface area contributed by atoms with Gasteiger partial charge < -0.3 is 9.42 Å². The van der Waals surface area contributed by atoms with Crippen LogP contribution in [0.15, 0.2) is 4.52 Å². The number of aromatic nitrogens is 1. The molecule has 1 aliphatic heterocycles. The van der Waals surface area contributed by atoms with Gasteiger partial charge in [-0.05, 0) is 20.3 Å². The maximum absolute atomic E-state index is 11.7. The van der Waals surface area contributed by atoms with Gasteiger partial charge in [0.2, 0.25) is 5.91 Å². The Morgan fingerprint density at radius 3 is 2.80 bits per heavy atom. The number of amides is 1. The van der Waals surface area contributed by atoms with Crippen molar-refractivity contribution in [2.75, 3.05) is 6.54 Å². The maximum Gasteiger partial charge on any atom is 0.236 e. The Morgan fingerprint density at radius 2 is 2.33 bits per heavy atom. The number of hydrogen-bond donors (Lipinski definition) is 0. The molecule has 1 fully saturated rings. The van der Waals surface area contributed by atoms with Crippen LogP contribution in [0.1, 0.15) is 23.4 Å². The first kappa shape index (κ1) is 10.7. The molecule has 0 bridgehead atoms. The molecular formula is C10H13BrN2O2. The molecule has 0 N–H and O–H groups in total. The Labute approximate surface area is 96.7 Å². The summed E-state index contributed by atoms with van der Waals surface area (Å²) in [5.41, 5.74) is 1.91. The number of rotatable bonds is 2. The van der Waals surface area contributed by atoms with E-state index in [1.165, 1.54) is 0 Å². The molecule has 0 aliphatic carbocycles. The number of carbonyl (C=O) groups is 1. The van der Waals surface area contributed by atoms with Crippen molar-refractivity contribution in [1.82, 2.24) is 10.1 Å². The molecule has 4 nitrogen and oxygen atoms in total. The van der Waals surface area contributed by atoms with Crippen molar-refractivity contribution < 1.29 is 9.32 Å². The highest BCUT2D eigenvalue weighted by atomic mass is 79.9.